The van der Waals surface area contributed by atoms with E-state index in [-0.39, 0.29) is 24.7 Å². The van der Waals surface area contributed by atoms with Gasteiger partial charge < -0.3 is 15.0 Å². The van der Waals surface area contributed by atoms with E-state index >= 15 is 0 Å². The molecule has 33 heavy (non-hydrogen) atoms. The number of aromatic amines is 2. The van der Waals surface area contributed by atoms with Gasteiger partial charge in [-0.3, -0.25) is 14.6 Å². The highest BCUT2D eigenvalue weighted by Gasteiger charge is 2.36. The van der Waals surface area contributed by atoms with Crippen molar-refractivity contribution in [2.75, 3.05) is 25.0 Å². The number of H-pyrrole nitrogens is 2. The van der Waals surface area contributed by atoms with Crippen LogP contribution in [0.25, 0.3) is 10.2 Å². The normalized spacial score (nSPS) is 17.2. The number of hydrogen-bond donors (Lipinski definition) is 3. The van der Waals surface area contributed by atoms with Gasteiger partial charge in [-0.1, -0.05) is 11.3 Å². The van der Waals surface area contributed by atoms with Gasteiger partial charge in [0.05, 0.1) is 22.7 Å². The number of aromatic nitrogens is 3. The van der Waals surface area contributed by atoms with E-state index in [4.69, 9.17) is 4.74 Å². The second kappa shape index (κ2) is 9.08. The van der Waals surface area contributed by atoms with Gasteiger partial charge in [0.15, 0.2) is 10.0 Å². The van der Waals surface area contributed by atoms with E-state index in [9.17, 15) is 22.8 Å². The molecule has 1 amide bonds. The summed E-state index contributed by atoms with van der Waals surface area (Å²) in [5.74, 6) is -0.236. The first-order valence-corrected chi connectivity index (χ1v) is 12.6. The molecule has 11 nitrogen and oxygen atoms in total. The number of ether oxygens (including phenoxy) is 1. The van der Waals surface area contributed by atoms with Crippen molar-refractivity contribution in [2.45, 2.75) is 31.6 Å². The molecule has 4 rings (SSSR count). The zero-order chi connectivity index (χ0) is 23.8. The van der Waals surface area contributed by atoms with Gasteiger partial charge in [-0.05, 0) is 44.9 Å². The third-order valence-corrected chi connectivity index (χ3v) is 8.28. The van der Waals surface area contributed by atoms with Crippen LogP contribution < -0.4 is 21.3 Å². The van der Waals surface area contributed by atoms with Crippen LogP contribution in [0.1, 0.15) is 25.5 Å². The fourth-order valence-corrected chi connectivity index (χ4v) is 6.45. The molecule has 0 saturated carbocycles. The lowest BCUT2D eigenvalue weighted by Gasteiger charge is -2.31. The number of amides is 1. The Hall–Kier alpha value is -3.03. The van der Waals surface area contributed by atoms with E-state index in [2.05, 4.69) is 15.3 Å². The number of benzene rings is 1. The van der Waals surface area contributed by atoms with Crippen LogP contribution in [-0.4, -0.2) is 53.3 Å². The number of sulfonamides is 1. The molecule has 1 aromatic carbocycles. The minimum absolute atomic E-state index is 0.0452. The highest BCUT2D eigenvalue weighted by atomic mass is 32.2. The minimum Gasteiger partial charge on any atom is -0.494 e. The number of piperidine rings is 1. The summed E-state index contributed by atoms with van der Waals surface area (Å²) >= 11 is 1.30. The number of carbonyl (C=O) groups excluding carboxylic acids is 1. The van der Waals surface area contributed by atoms with Crippen molar-refractivity contribution >= 4 is 42.6 Å². The van der Waals surface area contributed by atoms with E-state index in [0.29, 0.717) is 30.3 Å². The molecule has 3 aromatic rings. The molecule has 0 bridgehead atoms. The topological polar surface area (TPSA) is 154 Å². The second-order valence-corrected chi connectivity index (χ2v) is 10.5. The third kappa shape index (κ3) is 4.70. The Morgan fingerprint density at radius 1 is 1.33 bits per heavy atom. The molecule has 1 saturated heterocycles. The number of aryl methyl sites for hydroxylation is 1. The molecule has 3 N–H and O–H groups in total. The van der Waals surface area contributed by atoms with Crippen LogP contribution in [0.5, 0.6) is 5.75 Å². The summed E-state index contributed by atoms with van der Waals surface area (Å²) in [4.78, 5) is 44.6. The maximum Gasteiger partial charge on any atom is 0.325 e. The Bertz CT molecular complexity index is 1420. The second-order valence-electron chi connectivity index (χ2n) is 7.64. The predicted molar refractivity (Wildman–Crippen MR) is 123 cm³/mol. The van der Waals surface area contributed by atoms with Crippen molar-refractivity contribution in [3.63, 3.8) is 0 Å². The van der Waals surface area contributed by atoms with Gasteiger partial charge in [-0.25, -0.2) is 18.2 Å². The highest BCUT2D eigenvalue weighted by molar-refractivity contribution is 7.89. The smallest absolute Gasteiger partial charge is 0.325 e. The molecule has 1 fully saturated rings. The first-order chi connectivity index (χ1) is 15.7. The number of thiazole rings is 1. The maximum atomic E-state index is 13.1. The number of anilines is 1. The van der Waals surface area contributed by atoms with Gasteiger partial charge >= 0.3 is 5.69 Å². The fourth-order valence-electron chi connectivity index (χ4n) is 3.83. The van der Waals surface area contributed by atoms with Gasteiger partial charge in [0.25, 0.3) is 5.56 Å². The summed E-state index contributed by atoms with van der Waals surface area (Å²) in [6, 6.07) is 5.47. The highest BCUT2D eigenvalue weighted by Crippen LogP contribution is 2.30. The summed E-state index contributed by atoms with van der Waals surface area (Å²) in [7, 11) is -4.20. The standard InChI is InChI=1S/C20H23N5O6S2/c1-3-31-13-6-7-14-15(9-13)32-20(22-14)24-17(26)12-5-4-8-25(10-12)33(29,30)16-11(2)21-19(28)23-18(16)27/h6-7,9,12H,3-5,8,10H2,1-2H3,(H,22,24,26)(H2,21,23,27,28)/t12-/m1/s1. The number of hydrogen-bond acceptors (Lipinski definition) is 8. The van der Waals surface area contributed by atoms with Gasteiger partial charge in [-0.2, -0.15) is 4.31 Å². The van der Waals surface area contributed by atoms with Crippen LogP contribution in [0.15, 0.2) is 32.7 Å². The Morgan fingerprint density at radius 3 is 2.85 bits per heavy atom. The van der Waals surface area contributed by atoms with Crippen LogP contribution in [0.2, 0.25) is 0 Å². The summed E-state index contributed by atoms with van der Waals surface area (Å²) < 4.78 is 33.7. The first kappa shape index (κ1) is 23.1. The van der Waals surface area contributed by atoms with Gasteiger partial charge in [0, 0.05) is 18.8 Å². The summed E-state index contributed by atoms with van der Waals surface area (Å²) in [6.45, 7) is 3.88. The molecule has 0 aliphatic carbocycles. The lowest BCUT2D eigenvalue weighted by molar-refractivity contribution is -0.120. The Kier molecular flexibility index (Phi) is 6.36. The monoisotopic (exact) mass is 493 g/mol. The van der Waals surface area contributed by atoms with Gasteiger partial charge in [0.1, 0.15) is 5.75 Å². The van der Waals surface area contributed by atoms with E-state index in [0.717, 1.165) is 14.5 Å². The lowest BCUT2D eigenvalue weighted by Crippen LogP contribution is -2.45. The Labute approximate surface area is 192 Å². The van der Waals surface area contributed by atoms with Crippen LogP contribution in [0.4, 0.5) is 5.13 Å². The summed E-state index contributed by atoms with van der Waals surface area (Å²) in [6.07, 6.45) is 0.952. The minimum atomic E-state index is -4.20. The van der Waals surface area contributed by atoms with Crippen LogP contribution in [0.3, 0.4) is 0 Å². The zero-order valence-electron chi connectivity index (χ0n) is 18.0. The first-order valence-electron chi connectivity index (χ1n) is 10.4. The van der Waals surface area contributed by atoms with Crippen molar-refractivity contribution in [3.05, 3.63) is 44.7 Å². The molecule has 0 spiro atoms. The van der Waals surface area contributed by atoms with E-state index < -0.39 is 32.1 Å². The van der Waals surface area contributed by atoms with E-state index in [1.54, 1.807) is 0 Å². The van der Waals surface area contributed by atoms with Crippen molar-refractivity contribution < 1.29 is 17.9 Å². The van der Waals surface area contributed by atoms with E-state index in [1.807, 2.05) is 30.1 Å². The molecule has 0 unspecified atom stereocenters. The van der Waals surface area contributed by atoms with Gasteiger partial charge in [0.2, 0.25) is 15.9 Å². The zero-order valence-corrected chi connectivity index (χ0v) is 19.6. The molecule has 176 valence electrons. The molecule has 2 aromatic heterocycles. The third-order valence-electron chi connectivity index (χ3n) is 5.33. The average molecular weight is 494 g/mol. The summed E-state index contributed by atoms with van der Waals surface area (Å²) in [5, 5.41) is 3.20. The predicted octanol–water partition coefficient (Wildman–Crippen LogP) is 1.42. The van der Waals surface area contributed by atoms with E-state index in [1.165, 1.54) is 18.3 Å². The Balaban J connectivity index is 1.51. The fraction of sp³-hybridized carbons (Fsp3) is 0.400. The van der Waals surface area contributed by atoms with Crippen molar-refractivity contribution in [1.82, 2.24) is 19.3 Å². The molecular formula is C20H23N5O6S2. The molecule has 1 aliphatic rings. The van der Waals surface area contributed by atoms with Crippen molar-refractivity contribution in [3.8, 4) is 5.75 Å². The number of carbonyl (C=O) groups is 1. The number of rotatable bonds is 6. The molecule has 1 aliphatic heterocycles. The maximum absolute atomic E-state index is 13.1. The Morgan fingerprint density at radius 2 is 2.12 bits per heavy atom. The van der Waals surface area contributed by atoms with Crippen LogP contribution in [-0.2, 0) is 14.8 Å². The molecular weight excluding hydrogens is 470 g/mol. The molecule has 13 heteroatoms. The number of nitrogens with zero attached hydrogens (tertiary/aromatic N) is 2. The quantitative estimate of drug-likeness (QED) is 0.469. The molecule has 1 atom stereocenters. The number of fused-ring (bicyclic) bond motifs is 1. The number of nitrogens with one attached hydrogen (secondary N) is 3. The van der Waals surface area contributed by atoms with Gasteiger partial charge in [-0.15, -0.1) is 0 Å². The molecule has 0 radical (unpaired) electrons. The molecule has 3 heterocycles. The average Bonchev–Trinajstić information content (AvgIpc) is 3.14. The lowest BCUT2D eigenvalue weighted by atomic mass is 9.99. The van der Waals surface area contributed by atoms with Crippen LogP contribution in [0, 0.1) is 12.8 Å². The summed E-state index contributed by atoms with van der Waals surface area (Å²) in [5.41, 5.74) is -1.09. The van der Waals surface area contributed by atoms with Crippen LogP contribution >= 0.6 is 11.3 Å². The SMILES string of the molecule is CCOc1ccc2nc(NC(=O)[C@@H]3CCCN(S(=O)(=O)c4c(C)[nH]c(=O)[nH]c4=O)C3)sc2c1. The van der Waals surface area contributed by atoms with Crippen molar-refractivity contribution in [2.24, 2.45) is 5.92 Å². The largest absolute Gasteiger partial charge is 0.494 e. The van der Waals surface area contributed by atoms with Crippen molar-refractivity contribution in [1.29, 1.82) is 0 Å².